The normalized spacial score (nSPS) is 11.2. The van der Waals surface area contributed by atoms with E-state index in [0.29, 0.717) is 34.5 Å². The molecule has 0 atom stereocenters. The van der Waals surface area contributed by atoms with Crippen LogP contribution >= 0.6 is 34.0 Å². The average molecular weight is 833 g/mol. The summed E-state index contributed by atoms with van der Waals surface area (Å²) in [4.78, 5) is 2.11. The van der Waals surface area contributed by atoms with Gasteiger partial charge in [0.25, 0.3) is 0 Å². The second kappa shape index (κ2) is 16.2. The molecule has 59 heavy (non-hydrogen) atoms. The summed E-state index contributed by atoms with van der Waals surface area (Å²) in [6.45, 7) is 0. The molecule has 3 heterocycles. The van der Waals surface area contributed by atoms with E-state index in [2.05, 4.69) is 97.1 Å². The Morgan fingerprint density at radius 3 is 0.898 bits per heavy atom. The monoisotopic (exact) mass is 832 g/mol. The van der Waals surface area contributed by atoms with E-state index in [1.54, 1.807) is 65.3 Å². The van der Waals surface area contributed by atoms with Gasteiger partial charge >= 0.3 is 0 Å². The number of fused-ring (bicyclic) bond motifs is 3. The minimum absolute atomic E-state index is 0.658. The average Bonchev–Trinajstić information content (AvgIpc) is 3.97. The molecule has 0 fully saturated rings. The summed E-state index contributed by atoms with van der Waals surface area (Å²) in [5.41, 5.74) is 10.9. The third-order valence-corrected chi connectivity index (χ3v) is 14.6. The van der Waals surface area contributed by atoms with Crippen LogP contribution in [0.5, 0.6) is 34.5 Å². The van der Waals surface area contributed by atoms with Crippen molar-refractivity contribution in [3.63, 3.8) is 0 Å². The van der Waals surface area contributed by atoms with E-state index >= 15 is 0 Å². The summed E-state index contributed by atoms with van der Waals surface area (Å²) in [7, 11) is 10.1. The van der Waals surface area contributed by atoms with Gasteiger partial charge in [-0.25, -0.2) is 0 Å². The molecule has 0 saturated carbocycles. The van der Waals surface area contributed by atoms with Gasteiger partial charge in [0.05, 0.1) is 82.3 Å². The predicted octanol–water partition coefficient (Wildman–Crippen LogP) is 14.2. The lowest BCUT2D eigenvalue weighted by Crippen LogP contribution is -1.95. The zero-order chi connectivity index (χ0) is 40.6. The Labute approximate surface area is 355 Å². The number of hydrogen-bond donors (Lipinski definition) is 0. The maximum atomic E-state index is 6.08. The van der Waals surface area contributed by atoms with Gasteiger partial charge < -0.3 is 28.4 Å². The van der Waals surface area contributed by atoms with Gasteiger partial charge in [0.1, 0.15) is 34.5 Å². The first-order chi connectivity index (χ1) is 29.0. The van der Waals surface area contributed by atoms with Crippen LogP contribution in [-0.2, 0) is 0 Å². The van der Waals surface area contributed by atoms with Crippen LogP contribution in [-0.4, -0.2) is 42.7 Å². The van der Waals surface area contributed by atoms with Crippen LogP contribution in [0.2, 0.25) is 0 Å². The summed E-state index contributed by atoms with van der Waals surface area (Å²) in [5, 5.41) is 0. The molecule has 3 aromatic heterocycles. The van der Waals surface area contributed by atoms with Crippen LogP contribution in [0.1, 0.15) is 0 Å². The molecule has 6 aromatic carbocycles. The molecular weight excluding hydrogens is 793 g/mol. The minimum atomic E-state index is 0.658. The molecule has 0 N–H and O–H groups in total. The Balaban J connectivity index is 1.35. The van der Waals surface area contributed by atoms with Gasteiger partial charge in [0.15, 0.2) is 0 Å². The van der Waals surface area contributed by atoms with Gasteiger partial charge in [0, 0.05) is 35.4 Å². The van der Waals surface area contributed by atoms with E-state index in [1.807, 2.05) is 47.7 Å². The van der Waals surface area contributed by atoms with E-state index in [4.69, 9.17) is 28.4 Å². The van der Waals surface area contributed by atoms with E-state index < -0.39 is 0 Å². The van der Waals surface area contributed by atoms with Crippen molar-refractivity contribution in [3.05, 3.63) is 133 Å². The van der Waals surface area contributed by atoms with Crippen molar-refractivity contribution in [1.29, 1.82) is 0 Å². The molecule has 294 valence electrons. The quantitative estimate of drug-likeness (QED) is 0.122. The highest BCUT2D eigenvalue weighted by atomic mass is 32.1. The predicted molar refractivity (Wildman–Crippen MR) is 247 cm³/mol. The number of benzene rings is 6. The third-order valence-electron chi connectivity index (χ3n) is 10.6. The van der Waals surface area contributed by atoms with Crippen molar-refractivity contribution >= 4 is 52.8 Å². The highest BCUT2D eigenvalue weighted by Gasteiger charge is 2.30. The number of ether oxygens (including phenoxy) is 6. The van der Waals surface area contributed by atoms with Crippen LogP contribution in [0.3, 0.4) is 0 Å². The van der Waals surface area contributed by atoms with Crippen molar-refractivity contribution in [1.82, 2.24) is 0 Å². The van der Waals surface area contributed by atoms with Gasteiger partial charge in [-0.05, 0) is 33.4 Å². The second-order valence-corrected chi connectivity index (χ2v) is 16.8. The first-order valence-corrected chi connectivity index (χ1v) is 21.4. The van der Waals surface area contributed by atoms with Gasteiger partial charge in [-0.3, -0.25) is 0 Å². The second-order valence-electron chi connectivity index (χ2n) is 13.7. The standard InChI is InChI=1S/C50H40O6S3/c1-51-35-25-37(53-3)43(38(26-35)54-4)45-41(33-21-17-31(18-22-33)29-13-9-7-10-14-29)47-49(57-45)50-48(59-47)42(34-23-19-32(20-24-34)30-15-11-8-12-16-30)46(58-50)44-39(55-5)27-36(52-2)28-40(44)56-6/h7-28H,1-6H3. The van der Waals surface area contributed by atoms with Crippen LogP contribution in [0, 0.1) is 0 Å². The Kier molecular flexibility index (Phi) is 10.5. The smallest absolute Gasteiger partial charge is 0.134 e. The summed E-state index contributed by atoms with van der Waals surface area (Å²) in [5.74, 6) is 4.01. The molecular formula is C50H40O6S3. The molecule has 0 aliphatic rings. The SMILES string of the molecule is COc1cc(OC)c(-c2sc3c(sc4c(-c5ccc(-c6ccccc6)cc5)c(-c5c(OC)cc(OC)cc5OC)sc43)c2-c2ccc(-c3ccccc3)cc2)c(OC)c1. The number of methoxy groups -OCH3 is 6. The van der Waals surface area contributed by atoms with E-state index in [-0.39, 0.29) is 0 Å². The Bertz CT molecular complexity index is 2680. The zero-order valence-electron chi connectivity index (χ0n) is 33.4. The largest absolute Gasteiger partial charge is 0.496 e. The molecule has 0 saturated heterocycles. The van der Waals surface area contributed by atoms with Gasteiger partial charge in [-0.1, -0.05) is 109 Å². The summed E-state index contributed by atoms with van der Waals surface area (Å²) in [6, 6.07) is 46.4. The van der Waals surface area contributed by atoms with Gasteiger partial charge in [-0.15, -0.1) is 34.0 Å². The lowest BCUT2D eigenvalue weighted by molar-refractivity contribution is 0.377. The van der Waals surface area contributed by atoms with Crippen LogP contribution < -0.4 is 28.4 Å². The topological polar surface area (TPSA) is 55.4 Å². The maximum Gasteiger partial charge on any atom is 0.134 e. The molecule has 6 nitrogen and oxygen atoms in total. The molecule has 9 heteroatoms. The molecule has 9 rings (SSSR count). The van der Waals surface area contributed by atoms with E-state index in [1.165, 1.54) is 29.9 Å². The molecule has 0 aliphatic carbocycles. The zero-order valence-corrected chi connectivity index (χ0v) is 35.8. The first kappa shape index (κ1) is 38.3. The summed E-state index contributed by atoms with van der Waals surface area (Å²) >= 11 is 5.33. The number of thiophene rings is 3. The lowest BCUT2D eigenvalue weighted by atomic mass is 9.97. The van der Waals surface area contributed by atoms with Crippen molar-refractivity contribution in [3.8, 4) is 99.9 Å². The third kappa shape index (κ3) is 6.75. The molecule has 0 unspecified atom stereocenters. The van der Waals surface area contributed by atoms with Gasteiger partial charge in [-0.2, -0.15) is 0 Å². The lowest BCUT2D eigenvalue weighted by Gasteiger charge is -2.16. The molecule has 0 amide bonds. The van der Waals surface area contributed by atoms with Crippen LogP contribution in [0.15, 0.2) is 133 Å². The highest BCUT2D eigenvalue weighted by molar-refractivity contribution is 7.41. The minimum Gasteiger partial charge on any atom is -0.496 e. The highest BCUT2D eigenvalue weighted by Crippen LogP contribution is 2.61. The van der Waals surface area contributed by atoms with Gasteiger partial charge in [0.2, 0.25) is 0 Å². The fraction of sp³-hybridized carbons (Fsp3) is 0.120. The fourth-order valence-corrected chi connectivity index (χ4v) is 12.4. The molecule has 9 aromatic rings. The van der Waals surface area contributed by atoms with Crippen molar-refractivity contribution in [2.24, 2.45) is 0 Å². The summed E-state index contributed by atoms with van der Waals surface area (Å²) in [6.07, 6.45) is 0. The molecule has 0 bridgehead atoms. The van der Waals surface area contributed by atoms with Crippen molar-refractivity contribution in [2.45, 2.75) is 0 Å². The van der Waals surface area contributed by atoms with Crippen molar-refractivity contribution < 1.29 is 28.4 Å². The Morgan fingerprint density at radius 1 is 0.288 bits per heavy atom. The van der Waals surface area contributed by atoms with Crippen LogP contribution in [0.4, 0.5) is 0 Å². The Hall–Kier alpha value is -6.26. The number of hydrogen-bond acceptors (Lipinski definition) is 9. The molecule has 0 spiro atoms. The maximum absolute atomic E-state index is 6.08. The fourth-order valence-electron chi connectivity index (χ4n) is 7.68. The van der Waals surface area contributed by atoms with E-state index in [9.17, 15) is 0 Å². The first-order valence-electron chi connectivity index (χ1n) is 18.9. The molecule has 0 aliphatic heterocycles. The number of rotatable bonds is 12. The Morgan fingerprint density at radius 2 is 0.593 bits per heavy atom. The van der Waals surface area contributed by atoms with E-state index in [0.717, 1.165) is 54.3 Å². The summed E-state index contributed by atoms with van der Waals surface area (Å²) < 4.78 is 40.4. The van der Waals surface area contributed by atoms with Crippen LogP contribution in [0.25, 0.3) is 84.2 Å². The van der Waals surface area contributed by atoms with Crippen molar-refractivity contribution in [2.75, 3.05) is 42.7 Å². The molecule has 0 radical (unpaired) electrons.